The van der Waals surface area contributed by atoms with Crippen LogP contribution in [0.2, 0.25) is 0 Å². The molecule has 18 heavy (non-hydrogen) atoms. The fourth-order valence-corrected chi connectivity index (χ4v) is 2.23. The van der Waals surface area contributed by atoms with Crippen LogP contribution in [-0.4, -0.2) is 35.3 Å². The molecule has 0 spiro atoms. The molecule has 0 aromatic heterocycles. The van der Waals surface area contributed by atoms with Gasteiger partial charge in [-0.05, 0) is 17.7 Å². The summed E-state index contributed by atoms with van der Waals surface area (Å²) in [5.41, 5.74) is 7.12. The number of anilines is 1. The Morgan fingerprint density at radius 2 is 2.28 bits per heavy atom. The molecule has 1 unspecified atom stereocenters. The predicted octanol–water partition coefficient (Wildman–Crippen LogP) is 0.479. The van der Waals surface area contributed by atoms with Crippen LogP contribution in [0.5, 0.6) is 0 Å². The van der Waals surface area contributed by atoms with E-state index in [1.807, 2.05) is 12.1 Å². The fraction of sp³-hybridized carbons (Fsp3) is 0.417. The maximum atomic E-state index is 11.6. The first kappa shape index (κ1) is 14.8. The average Bonchev–Trinajstić information content (AvgIpc) is 2.36. The Balaban J connectivity index is 2.46. The molecule has 0 heterocycles. The van der Waals surface area contributed by atoms with Crippen molar-refractivity contribution >= 4 is 22.4 Å². The SMILES string of the molecule is COCCS(=O)CC(=O)Nc1cccc(CN)c1. The third-order valence-electron chi connectivity index (χ3n) is 2.25. The Morgan fingerprint density at radius 1 is 1.50 bits per heavy atom. The number of hydrogen-bond donors (Lipinski definition) is 2. The number of amides is 1. The number of nitrogens with one attached hydrogen (secondary N) is 1. The number of rotatable bonds is 7. The average molecular weight is 270 g/mol. The van der Waals surface area contributed by atoms with Crippen molar-refractivity contribution in [3.8, 4) is 0 Å². The monoisotopic (exact) mass is 270 g/mol. The molecule has 0 radical (unpaired) electrons. The summed E-state index contributed by atoms with van der Waals surface area (Å²) in [7, 11) is 0.345. The molecule has 0 aliphatic rings. The van der Waals surface area contributed by atoms with E-state index < -0.39 is 10.8 Å². The first-order valence-corrected chi connectivity index (χ1v) is 7.07. The van der Waals surface area contributed by atoms with E-state index in [1.165, 1.54) is 7.11 Å². The van der Waals surface area contributed by atoms with Crippen molar-refractivity contribution in [2.24, 2.45) is 5.73 Å². The van der Waals surface area contributed by atoms with E-state index in [0.29, 0.717) is 24.6 Å². The van der Waals surface area contributed by atoms with Gasteiger partial charge in [-0.25, -0.2) is 0 Å². The molecule has 6 heteroatoms. The van der Waals surface area contributed by atoms with E-state index in [0.717, 1.165) is 5.56 Å². The number of ether oxygens (including phenoxy) is 1. The number of nitrogens with two attached hydrogens (primary N) is 1. The quantitative estimate of drug-likeness (QED) is 0.755. The van der Waals surface area contributed by atoms with Gasteiger partial charge < -0.3 is 15.8 Å². The lowest BCUT2D eigenvalue weighted by Gasteiger charge is -2.06. The summed E-state index contributed by atoms with van der Waals surface area (Å²) in [5.74, 6) is 0.0850. The van der Waals surface area contributed by atoms with Crippen molar-refractivity contribution in [3.63, 3.8) is 0 Å². The first-order valence-electron chi connectivity index (χ1n) is 5.58. The van der Waals surface area contributed by atoms with Crippen molar-refractivity contribution in [3.05, 3.63) is 29.8 Å². The number of carbonyl (C=O) groups is 1. The van der Waals surface area contributed by atoms with E-state index in [9.17, 15) is 9.00 Å². The maximum Gasteiger partial charge on any atom is 0.236 e. The van der Waals surface area contributed by atoms with Gasteiger partial charge >= 0.3 is 0 Å². The smallest absolute Gasteiger partial charge is 0.236 e. The fourth-order valence-electron chi connectivity index (χ4n) is 1.37. The molecule has 1 aromatic rings. The second-order valence-corrected chi connectivity index (χ2v) is 5.31. The third kappa shape index (κ3) is 5.39. The molecule has 100 valence electrons. The normalized spacial score (nSPS) is 12.1. The Labute approximate surface area is 109 Å². The lowest BCUT2D eigenvalue weighted by Crippen LogP contribution is -2.22. The van der Waals surface area contributed by atoms with Crippen LogP contribution in [0.1, 0.15) is 5.56 Å². The van der Waals surface area contributed by atoms with Crippen molar-refractivity contribution in [1.82, 2.24) is 0 Å². The minimum atomic E-state index is -1.19. The predicted molar refractivity (Wildman–Crippen MR) is 72.7 cm³/mol. The van der Waals surface area contributed by atoms with Gasteiger partial charge in [0.15, 0.2) is 0 Å². The van der Waals surface area contributed by atoms with Gasteiger partial charge in [0, 0.05) is 35.9 Å². The Bertz CT molecular complexity index is 424. The minimum Gasteiger partial charge on any atom is -0.384 e. The highest BCUT2D eigenvalue weighted by atomic mass is 32.2. The lowest BCUT2D eigenvalue weighted by atomic mass is 10.2. The molecule has 0 aliphatic carbocycles. The summed E-state index contributed by atoms with van der Waals surface area (Å²) >= 11 is 0. The van der Waals surface area contributed by atoms with Gasteiger partial charge in [-0.1, -0.05) is 12.1 Å². The topological polar surface area (TPSA) is 81.4 Å². The van der Waals surface area contributed by atoms with Crippen LogP contribution in [0, 0.1) is 0 Å². The highest BCUT2D eigenvalue weighted by molar-refractivity contribution is 7.85. The molecule has 1 rings (SSSR count). The molecule has 1 aromatic carbocycles. The third-order valence-corrected chi connectivity index (χ3v) is 3.46. The van der Waals surface area contributed by atoms with E-state index in [-0.39, 0.29) is 11.7 Å². The van der Waals surface area contributed by atoms with Crippen molar-refractivity contribution in [2.45, 2.75) is 6.54 Å². The summed E-state index contributed by atoms with van der Waals surface area (Å²) in [6.45, 7) is 0.812. The Hall–Kier alpha value is -1.24. The van der Waals surface area contributed by atoms with E-state index in [2.05, 4.69) is 5.32 Å². The second-order valence-electron chi connectivity index (χ2n) is 3.73. The summed E-state index contributed by atoms with van der Waals surface area (Å²) in [5, 5.41) is 2.70. The van der Waals surface area contributed by atoms with E-state index in [1.54, 1.807) is 12.1 Å². The zero-order chi connectivity index (χ0) is 13.4. The molecule has 0 fully saturated rings. The van der Waals surface area contributed by atoms with Gasteiger partial charge in [0.2, 0.25) is 5.91 Å². The zero-order valence-electron chi connectivity index (χ0n) is 10.3. The molecule has 0 saturated carbocycles. The van der Waals surface area contributed by atoms with Crippen molar-refractivity contribution in [1.29, 1.82) is 0 Å². The minimum absolute atomic E-state index is 0.0176. The Kier molecular flexibility index (Phi) is 6.56. The lowest BCUT2D eigenvalue weighted by molar-refractivity contribution is -0.113. The second kappa shape index (κ2) is 7.97. The van der Waals surface area contributed by atoms with Crippen LogP contribution in [0.3, 0.4) is 0 Å². The highest BCUT2D eigenvalue weighted by Gasteiger charge is 2.08. The summed E-state index contributed by atoms with van der Waals surface area (Å²) < 4.78 is 16.3. The van der Waals surface area contributed by atoms with Crippen LogP contribution in [0.25, 0.3) is 0 Å². The molecule has 3 N–H and O–H groups in total. The van der Waals surface area contributed by atoms with Gasteiger partial charge in [-0.2, -0.15) is 0 Å². The molecule has 0 saturated heterocycles. The molecular weight excluding hydrogens is 252 g/mol. The molecule has 1 atom stereocenters. The van der Waals surface area contributed by atoms with E-state index >= 15 is 0 Å². The number of carbonyl (C=O) groups excluding carboxylic acids is 1. The van der Waals surface area contributed by atoms with Gasteiger partial charge in [0.25, 0.3) is 0 Å². The summed E-state index contributed by atoms with van der Waals surface area (Å²) in [6, 6.07) is 7.27. The molecule has 0 aliphatic heterocycles. The molecule has 0 bridgehead atoms. The van der Waals surface area contributed by atoms with Gasteiger partial charge in [-0.3, -0.25) is 9.00 Å². The van der Waals surface area contributed by atoms with Crippen LogP contribution in [-0.2, 0) is 26.9 Å². The Morgan fingerprint density at radius 3 is 2.94 bits per heavy atom. The van der Waals surface area contributed by atoms with Crippen molar-refractivity contribution < 1.29 is 13.7 Å². The molecule has 5 nitrogen and oxygen atoms in total. The highest BCUT2D eigenvalue weighted by Crippen LogP contribution is 2.09. The van der Waals surface area contributed by atoms with Gasteiger partial charge in [-0.15, -0.1) is 0 Å². The number of methoxy groups -OCH3 is 1. The van der Waals surface area contributed by atoms with Crippen LogP contribution < -0.4 is 11.1 Å². The first-order chi connectivity index (χ1) is 8.65. The number of hydrogen-bond acceptors (Lipinski definition) is 4. The van der Waals surface area contributed by atoms with Crippen LogP contribution in [0.15, 0.2) is 24.3 Å². The molecular formula is C12H18N2O3S. The summed E-state index contributed by atoms with van der Waals surface area (Å²) in [6.07, 6.45) is 0. The van der Waals surface area contributed by atoms with E-state index in [4.69, 9.17) is 10.5 Å². The van der Waals surface area contributed by atoms with Gasteiger partial charge in [0.05, 0.1) is 6.61 Å². The number of benzene rings is 1. The van der Waals surface area contributed by atoms with Crippen molar-refractivity contribution in [2.75, 3.05) is 30.5 Å². The molecule has 1 amide bonds. The standard InChI is InChI=1S/C12H18N2O3S/c1-17-5-6-18(16)9-12(15)14-11-4-2-3-10(7-11)8-13/h2-4,7H,5-6,8-9,13H2,1H3,(H,14,15). The maximum absolute atomic E-state index is 11.6. The van der Waals surface area contributed by atoms with Gasteiger partial charge in [0.1, 0.15) is 5.75 Å². The largest absolute Gasteiger partial charge is 0.384 e. The van der Waals surface area contributed by atoms with Crippen LogP contribution >= 0.6 is 0 Å². The zero-order valence-corrected chi connectivity index (χ0v) is 11.2. The summed E-state index contributed by atoms with van der Waals surface area (Å²) in [4.78, 5) is 11.6. The van der Waals surface area contributed by atoms with Crippen LogP contribution in [0.4, 0.5) is 5.69 Å².